The number of aryl methyl sites for hydroxylation is 1. The summed E-state index contributed by atoms with van der Waals surface area (Å²) in [5, 5.41) is 9.37. The third kappa shape index (κ3) is 1.87. The van der Waals surface area contributed by atoms with Crippen LogP contribution in [0.5, 0.6) is 0 Å². The first-order valence-electron chi connectivity index (χ1n) is 5.07. The van der Waals surface area contributed by atoms with Gasteiger partial charge in [-0.15, -0.1) is 0 Å². The van der Waals surface area contributed by atoms with Gasteiger partial charge in [0.1, 0.15) is 11.4 Å². The highest BCUT2D eigenvalue weighted by Crippen LogP contribution is 2.26. The summed E-state index contributed by atoms with van der Waals surface area (Å²) >= 11 is 0. The molecule has 0 aliphatic carbocycles. The summed E-state index contributed by atoms with van der Waals surface area (Å²) in [6.07, 6.45) is 3.38. The average molecular weight is 209 g/mol. The van der Waals surface area contributed by atoms with Gasteiger partial charge in [-0.05, 0) is 26.7 Å². The van der Waals surface area contributed by atoms with Crippen LogP contribution in [0.15, 0.2) is 6.20 Å². The number of carbonyl (C=O) groups excluding carboxylic acids is 1. The Hall–Kier alpha value is -1.36. The maximum atomic E-state index is 11.9. The van der Waals surface area contributed by atoms with Crippen LogP contribution >= 0.6 is 0 Å². The Labute approximate surface area is 88.2 Å². The number of aromatic amines is 1. The largest absolute Gasteiger partial charge is 0.365 e. The summed E-state index contributed by atoms with van der Waals surface area (Å²) < 4.78 is 5.44. The summed E-state index contributed by atoms with van der Waals surface area (Å²) in [7, 11) is 0. The first-order chi connectivity index (χ1) is 7.12. The zero-order chi connectivity index (χ0) is 10.9. The van der Waals surface area contributed by atoms with Crippen LogP contribution in [0.3, 0.4) is 0 Å². The van der Waals surface area contributed by atoms with E-state index in [2.05, 4.69) is 15.5 Å². The maximum Gasteiger partial charge on any atom is 0.257 e. The molecule has 2 N–H and O–H groups in total. The zero-order valence-corrected chi connectivity index (χ0v) is 8.96. The second kappa shape index (κ2) is 3.66. The van der Waals surface area contributed by atoms with Crippen molar-refractivity contribution in [1.29, 1.82) is 0 Å². The molecule has 1 aliphatic rings. The topological polar surface area (TPSA) is 67.0 Å². The smallest absolute Gasteiger partial charge is 0.257 e. The number of aromatic nitrogens is 2. The van der Waals surface area contributed by atoms with E-state index in [0.29, 0.717) is 12.4 Å². The average Bonchev–Trinajstić information content (AvgIpc) is 2.78. The van der Waals surface area contributed by atoms with Gasteiger partial charge >= 0.3 is 0 Å². The van der Waals surface area contributed by atoms with Crippen molar-refractivity contribution in [3.05, 3.63) is 11.8 Å². The Balaban J connectivity index is 2.07. The number of hydrogen-bond donors (Lipinski definition) is 2. The molecule has 1 unspecified atom stereocenters. The van der Waals surface area contributed by atoms with Gasteiger partial charge in [0.15, 0.2) is 0 Å². The lowest BCUT2D eigenvalue weighted by Crippen LogP contribution is -2.39. The van der Waals surface area contributed by atoms with Gasteiger partial charge in [0.25, 0.3) is 5.91 Å². The molecular formula is C10H15N3O2. The standard InChI is InChI=1S/C10H15N3O2/c1-7-6-11-13-8(7)12-9(14)10(2)4-3-5-15-10/h6H,3-5H2,1-2H3,(H2,11,12,13,14). The van der Waals surface area contributed by atoms with Gasteiger partial charge < -0.3 is 10.1 Å². The number of nitrogens with one attached hydrogen (secondary N) is 2. The lowest BCUT2D eigenvalue weighted by atomic mass is 10.0. The van der Waals surface area contributed by atoms with Gasteiger partial charge in [0.05, 0.1) is 6.20 Å². The van der Waals surface area contributed by atoms with E-state index in [0.717, 1.165) is 18.4 Å². The van der Waals surface area contributed by atoms with Gasteiger partial charge in [-0.25, -0.2) is 0 Å². The van der Waals surface area contributed by atoms with E-state index in [9.17, 15) is 4.79 Å². The maximum absolute atomic E-state index is 11.9. The van der Waals surface area contributed by atoms with Crippen LogP contribution in [0, 0.1) is 6.92 Å². The normalized spacial score (nSPS) is 25.5. The Morgan fingerprint density at radius 2 is 2.53 bits per heavy atom. The predicted molar refractivity (Wildman–Crippen MR) is 55.5 cm³/mol. The molecule has 5 nitrogen and oxygen atoms in total. The highest BCUT2D eigenvalue weighted by molar-refractivity contribution is 5.96. The van der Waals surface area contributed by atoms with E-state index < -0.39 is 5.60 Å². The number of anilines is 1. The molecule has 1 amide bonds. The SMILES string of the molecule is Cc1cn[nH]c1NC(=O)C1(C)CCCO1. The molecule has 0 saturated carbocycles. The molecule has 1 fully saturated rings. The third-order valence-corrected chi connectivity index (χ3v) is 2.77. The first kappa shape index (κ1) is 10.2. The van der Waals surface area contributed by atoms with Crippen molar-refractivity contribution in [3.63, 3.8) is 0 Å². The summed E-state index contributed by atoms with van der Waals surface area (Å²) in [5.41, 5.74) is 0.238. The van der Waals surface area contributed by atoms with Crippen LogP contribution in [0.2, 0.25) is 0 Å². The summed E-state index contributed by atoms with van der Waals surface area (Å²) in [6, 6.07) is 0. The molecule has 15 heavy (non-hydrogen) atoms. The highest BCUT2D eigenvalue weighted by Gasteiger charge is 2.37. The van der Waals surface area contributed by atoms with Crippen LogP contribution in [0.25, 0.3) is 0 Å². The van der Waals surface area contributed by atoms with E-state index in [1.807, 2.05) is 13.8 Å². The van der Waals surface area contributed by atoms with Crippen LogP contribution < -0.4 is 5.32 Å². The van der Waals surface area contributed by atoms with Crippen molar-refractivity contribution >= 4 is 11.7 Å². The van der Waals surface area contributed by atoms with Crippen molar-refractivity contribution in [2.75, 3.05) is 11.9 Å². The fourth-order valence-electron chi connectivity index (χ4n) is 1.68. The van der Waals surface area contributed by atoms with E-state index in [1.165, 1.54) is 0 Å². The molecule has 0 bridgehead atoms. The van der Waals surface area contributed by atoms with E-state index >= 15 is 0 Å². The third-order valence-electron chi connectivity index (χ3n) is 2.77. The van der Waals surface area contributed by atoms with Gasteiger partial charge in [-0.3, -0.25) is 9.89 Å². The molecule has 0 spiro atoms. The minimum Gasteiger partial charge on any atom is -0.365 e. The number of nitrogens with zero attached hydrogens (tertiary/aromatic N) is 1. The van der Waals surface area contributed by atoms with E-state index in [1.54, 1.807) is 6.20 Å². The Kier molecular flexibility index (Phi) is 2.48. The Morgan fingerprint density at radius 3 is 3.07 bits per heavy atom. The second-order valence-corrected chi connectivity index (χ2v) is 4.07. The molecule has 0 radical (unpaired) electrons. The minimum absolute atomic E-state index is 0.104. The molecule has 82 valence electrons. The number of ether oxygens (including phenoxy) is 1. The van der Waals surface area contributed by atoms with Crippen molar-refractivity contribution in [2.45, 2.75) is 32.3 Å². The van der Waals surface area contributed by atoms with Gasteiger partial charge in [-0.2, -0.15) is 5.10 Å². The molecule has 5 heteroatoms. The van der Waals surface area contributed by atoms with Crippen LogP contribution in [-0.4, -0.2) is 28.3 Å². The molecule has 2 rings (SSSR count). The molecule has 1 saturated heterocycles. The van der Waals surface area contributed by atoms with Gasteiger partial charge in [0.2, 0.25) is 0 Å². The van der Waals surface area contributed by atoms with Crippen molar-refractivity contribution in [1.82, 2.24) is 10.2 Å². The first-order valence-corrected chi connectivity index (χ1v) is 5.07. The molecular weight excluding hydrogens is 194 g/mol. The Morgan fingerprint density at radius 1 is 1.73 bits per heavy atom. The molecule has 0 aromatic carbocycles. The van der Waals surface area contributed by atoms with Crippen molar-refractivity contribution in [3.8, 4) is 0 Å². The Bertz CT molecular complexity index is 366. The van der Waals surface area contributed by atoms with Gasteiger partial charge in [-0.1, -0.05) is 0 Å². The fourth-order valence-corrected chi connectivity index (χ4v) is 1.68. The number of amides is 1. The van der Waals surface area contributed by atoms with E-state index in [4.69, 9.17) is 4.74 Å². The zero-order valence-electron chi connectivity index (χ0n) is 8.96. The van der Waals surface area contributed by atoms with Gasteiger partial charge in [0, 0.05) is 12.2 Å². The fraction of sp³-hybridized carbons (Fsp3) is 0.600. The van der Waals surface area contributed by atoms with Crippen molar-refractivity contribution in [2.24, 2.45) is 0 Å². The van der Waals surface area contributed by atoms with Crippen LogP contribution in [0.4, 0.5) is 5.82 Å². The highest BCUT2D eigenvalue weighted by atomic mass is 16.5. The second-order valence-electron chi connectivity index (χ2n) is 4.07. The molecule has 1 aromatic rings. The lowest BCUT2D eigenvalue weighted by molar-refractivity contribution is -0.133. The quantitative estimate of drug-likeness (QED) is 0.769. The van der Waals surface area contributed by atoms with Crippen LogP contribution in [-0.2, 0) is 9.53 Å². The summed E-state index contributed by atoms with van der Waals surface area (Å²) in [4.78, 5) is 11.9. The monoisotopic (exact) mass is 209 g/mol. The predicted octanol–water partition coefficient (Wildman–Crippen LogP) is 1.23. The van der Waals surface area contributed by atoms with Crippen LogP contribution in [0.1, 0.15) is 25.3 Å². The van der Waals surface area contributed by atoms with Crippen molar-refractivity contribution < 1.29 is 9.53 Å². The molecule has 1 aromatic heterocycles. The molecule has 1 aliphatic heterocycles. The minimum atomic E-state index is -0.683. The lowest BCUT2D eigenvalue weighted by Gasteiger charge is -2.21. The number of carbonyl (C=O) groups is 1. The number of H-pyrrole nitrogens is 1. The summed E-state index contributed by atoms with van der Waals surface area (Å²) in [5.74, 6) is 0.545. The number of rotatable bonds is 2. The number of hydrogen-bond acceptors (Lipinski definition) is 3. The molecule has 2 heterocycles. The molecule has 1 atom stereocenters. The summed E-state index contributed by atoms with van der Waals surface area (Å²) in [6.45, 7) is 4.36. The van der Waals surface area contributed by atoms with E-state index in [-0.39, 0.29) is 5.91 Å².